The van der Waals surface area contributed by atoms with Crippen LogP contribution in [0.25, 0.3) is 0 Å². The van der Waals surface area contributed by atoms with Crippen molar-refractivity contribution >= 4 is 21.6 Å². The Kier molecular flexibility index (Phi) is 6.33. The van der Waals surface area contributed by atoms with Gasteiger partial charge in [-0.15, -0.1) is 0 Å². The quantitative estimate of drug-likeness (QED) is 0.774. The molecule has 8 heteroatoms. The molecule has 0 aliphatic carbocycles. The van der Waals surface area contributed by atoms with Crippen LogP contribution in [0.3, 0.4) is 0 Å². The van der Waals surface area contributed by atoms with Crippen molar-refractivity contribution in [1.82, 2.24) is 5.32 Å². The second-order valence-corrected chi connectivity index (χ2v) is 7.54. The maximum atomic E-state index is 13.2. The van der Waals surface area contributed by atoms with Gasteiger partial charge >= 0.3 is 0 Å². The average Bonchev–Trinajstić information content (AvgIpc) is 2.54. The Balaban J connectivity index is 2.31. The molecule has 0 bridgehead atoms. The Morgan fingerprint density at radius 3 is 2.58 bits per heavy atom. The third-order valence-corrected chi connectivity index (χ3v) is 5.16. The molecule has 0 fully saturated rings. The number of nitrogens with one attached hydrogen (secondary N) is 2. The minimum absolute atomic E-state index is 0.0538. The fourth-order valence-electron chi connectivity index (χ4n) is 2.48. The molecule has 2 aromatic rings. The average molecular weight is 380 g/mol. The van der Waals surface area contributed by atoms with Gasteiger partial charge < -0.3 is 10.1 Å². The van der Waals surface area contributed by atoms with E-state index in [1.165, 1.54) is 32.2 Å². The van der Waals surface area contributed by atoms with Crippen LogP contribution in [-0.4, -0.2) is 34.1 Å². The number of hydrogen-bond donors (Lipinski definition) is 2. The largest absolute Gasteiger partial charge is 0.383 e. The Morgan fingerprint density at radius 1 is 1.23 bits per heavy atom. The topological polar surface area (TPSA) is 84.5 Å². The van der Waals surface area contributed by atoms with Crippen LogP contribution in [-0.2, 0) is 14.8 Å². The summed E-state index contributed by atoms with van der Waals surface area (Å²) >= 11 is 0. The van der Waals surface area contributed by atoms with Crippen LogP contribution in [0.1, 0.15) is 22.8 Å². The van der Waals surface area contributed by atoms with Crippen molar-refractivity contribution in [2.45, 2.75) is 24.8 Å². The number of hydrogen-bond acceptors (Lipinski definition) is 4. The molecule has 0 spiro atoms. The van der Waals surface area contributed by atoms with Gasteiger partial charge in [0.05, 0.1) is 22.8 Å². The van der Waals surface area contributed by atoms with E-state index in [0.29, 0.717) is 6.61 Å². The molecule has 0 saturated carbocycles. The van der Waals surface area contributed by atoms with Gasteiger partial charge in [0.2, 0.25) is 0 Å². The van der Waals surface area contributed by atoms with E-state index >= 15 is 0 Å². The van der Waals surface area contributed by atoms with Crippen LogP contribution < -0.4 is 10.0 Å². The summed E-state index contributed by atoms with van der Waals surface area (Å²) in [5, 5.41) is 2.73. The predicted octanol–water partition coefficient (Wildman–Crippen LogP) is 2.70. The summed E-state index contributed by atoms with van der Waals surface area (Å²) in [6.45, 7) is 3.60. The number of methoxy groups -OCH3 is 1. The van der Waals surface area contributed by atoms with Crippen molar-refractivity contribution in [3.05, 3.63) is 59.4 Å². The molecule has 2 N–H and O–H groups in total. The zero-order valence-corrected chi connectivity index (χ0v) is 15.6. The third-order valence-electron chi connectivity index (χ3n) is 3.64. The SMILES string of the molecule is COC[C@H](C)NC(=O)c1ccccc1NS(=O)(=O)c1ccc(F)cc1C. The Hall–Kier alpha value is -2.45. The molecule has 0 aromatic heterocycles. The van der Waals surface area contributed by atoms with Crippen molar-refractivity contribution in [2.75, 3.05) is 18.4 Å². The van der Waals surface area contributed by atoms with Crippen molar-refractivity contribution in [2.24, 2.45) is 0 Å². The highest BCUT2D eigenvalue weighted by Gasteiger charge is 2.21. The highest BCUT2D eigenvalue weighted by Crippen LogP contribution is 2.22. The first-order valence-electron chi connectivity index (χ1n) is 7.92. The lowest BCUT2D eigenvalue weighted by Gasteiger charge is -2.16. The fourth-order valence-corrected chi connectivity index (χ4v) is 3.78. The van der Waals surface area contributed by atoms with Crippen LogP contribution >= 0.6 is 0 Å². The zero-order valence-electron chi connectivity index (χ0n) is 14.7. The number of carbonyl (C=O) groups excluding carboxylic acids is 1. The van der Waals surface area contributed by atoms with Crippen LogP contribution in [0.2, 0.25) is 0 Å². The molecule has 0 saturated heterocycles. The van der Waals surface area contributed by atoms with Crippen LogP contribution in [0.15, 0.2) is 47.4 Å². The highest BCUT2D eigenvalue weighted by atomic mass is 32.2. The minimum Gasteiger partial charge on any atom is -0.383 e. The van der Waals surface area contributed by atoms with Crippen LogP contribution in [0, 0.1) is 12.7 Å². The first-order chi connectivity index (χ1) is 12.2. The van der Waals surface area contributed by atoms with E-state index < -0.39 is 21.7 Å². The molecule has 0 heterocycles. The monoisotopic (exact) mass is 380 g/mol. The van der Waals surface area contributed by atoms with Gasteiger partial charge in [-0.2, -0.15) is 0 Å². The smallest absolute Gasteiger partial charge is 0.262 e. The Bertz CT molecular complexity index is 900. The second kappa shape index (κ2) is 8.29. The molecular weight excluding hydrogens is 359 g/mol. The van der Waals surface area contributed by atoms with Gasteiger partial charge in [-0.3, -0.25) is 9.52 Å². The second-order valence-electron chi connectivity index (χ2n) is 5.89. The lowest BCUT2D eigenvalue weighted by atomic mass is 10.1. The van der Waals surface area contributed by atoms with Crippen LogP contribution in [0.5, 0.6) is 0 Å². The Labute approximate surface area is 152 Å². The first kappa shape index (κ1) is 19.9. The number of carbonyl (C=O) groups is 1. The van der Waals surface area contributed by atoms with Crippen LogP contribution in [0.4, 0.5) is 10.1 Å². The number of benzene rings is 2. The molecule has 26 heavy (non-hydrogen) atoms. The number of sulfonamides is 1. The summed E-state index contributed by atoms with van der Waals surface area (Å²) in [6, 6.07) is 9.43. The number of anilines is 1. The van der Waals surface area contributed by atoms with E-state index in [-0.39, 0.29) is 27.8 Å². The van der Waals surface area contributed by atoms with Gasteiger partial charge in [-0.05, 0) is 49.7 Å². The first-order valence-corrected chi connectivity index (χ1v) is 9.40. The van der Waals surface area contributed by atoms with Crippen molar-refractivity contribution in [3.63, 3.8) is 0 Å². The van der Waals surface area contributed by atoms with Gasteiger partial charge in [0, 0.05) is 13.2 Å². The number of amides is 1. The molecule has 0 aliphatic heterocycles. The van der Waals surface area contributed by atoms with E-state index in [0.717, 1.165) is 12.1 Å². The lowest BCUT2D eigenvalue weighted by Crippen LogP contribution is -2.36. The van der Waals surface area contributed by atoms with Crippen molar-refractivity contribution in [3.8, 4) is 0 Å². The van der Waals surface area contributed by atoms with Gasteiger partial charge in [0.25, 0.3) is 15.9 Å². The number of aryl methyl sites for hydroxylation is 1. The maximum absolute atomic E-state index is 13.2. The molecule has 140 valence electrons. The van der Waals surface area contributed by atoms with E-state index in [1.807, 2.05) is 0 Å². The number of ether oxygens (including phenoxy) is 1. The molecule has 2 rings (SSSR count). The zero-order chi connectivity index (χ0) is 19.3. The number of para-hydroxylation sites is 1. The standard InChI is InChI=1S/C18H21FN2O4S/c1-12-10-14(19)8-9-17(12)26(23,24)21-16-7-5-4-6-15(16)18(22)20-13(2)11-25-3/h4-10,13,21H,11H2,1-3H3,(H,20,22)/t13-/m0/s1. The summed E-state index contributed by atoms with van der Waals surface area (Å²) in [5.41, 5.74) is 0.588. The number of halogens is 1. The van der Waals surface area contributed by atoms with E-state index in [9.17, 15) is 17.6 Å². The summed E-state index contributed by atoms with van der Waals surface area (Å²) in [6.07, 6.45) is 0. The predicted molar refractivity (Wildman–Crippen MR) is 97.2 cm³/mol. The fraction of sp³-hybridized carbons (Fsp3) is 0.278. The molecule has 0 unspecified atom stereocenters. The van der Waals surface area contributed by atoms with Gasteiger partial charge in [0.15, 0.2) is 0 Å². The van der Waals surface area contributed by atoms with E-state index in [1.54, 1.807) is 19.1 Å². The summed E-state index contributed by atoms with van der Waals surface area (Å²) < 4.78 is 45.9. The Morgan fingerprint density at radius 2 is 1.92 bits per heavy atom. The number of rotatable bonds is 7. The summed E-state index contributed by atoms with van der Waals surface area (Å²) in [7, 11) is -2.45. The van der Waals surface area contributed by atoms with Gasteiger partial charge in [-0.25, -0.2) is 12.8 Å². The third kappa shape index (κ3) is 4.80. The molecule has 6 nitrogen and oxygen atoms in total. The molecule has 1 amide bonds. The van der Waals surface area contributed by atoms with E-state index in [4.69, 9.17) is 4.74 Å². The molecule has 1 atom stereocenters. The molecule has 2 aromatic carbocycles. The summed E-state index contributed by atoms with van der Waals surface area (Å²) in [4.78, 5) is 12.4. The maximum Gasteiger partial charge on any atom is 0.262 e. The molecule has 0 radical (unpaired) electrons. The normalized spacial score (nSPS) is 12.5. The van der Waals surface area contributed by atoms with E-state index in [2.05, 4.69) is 10.0 Å². The van der Waals surface area contributed by atoms with Crippen molar-refractivity contribution < 1.29 is 22.3 Å². The summed E-state index contributed by atoms with van der Waals surface area (Å²) in [5.74, 6) is -0.947. The molecule has 0 aliphatic rings. The minimum atomic E-state index is -3.98. The van der Waals surface area contributed by atoms with Crippen molar-refractivity contribution in [1.29, 1.82) is 0 Å². The lowest BCUT2D eigenvalue weighted by molar-refractivity contribution is 0.0906. The van der Waals surface area contributed by atoms with Gasteiger partial charge in [-0.1, -0.05) is 12.1 Å². The highest BCUT2D eigenvalue weighted by molar-refractivity contribution is 7.92. The van der Waals surface area contributed by atoms with Gasteiger partial charge in [0.1, 0.15) is 5.82 Å². The molecular formula is C18H21FN2O4S.